The maximum Gasteiger partial charge on any atom is 0.311 e. The molecule has 0 aromatic heterocycles. The summed E-state index contributed by atoms with van der Waals surface area (Å²) in [5.74, 6) is -0.338. The van der Waals surface area contributed by atoms with Crippen LogP contribution in [0.2, 0.25) is 0 Å². The number of ketones is 1. The first-order valence-electron chi connectivity index (χ1n) is 7.44. The first-order valence-corrected chi connectivity index (χ1v) is 7.44. The zero-order chi connectivity index (χ0) is 16.1. The Morgan fingerprint density at radius 3 is 2.82 bits per heavy atom. The summed E-state index contributed by atoms with van der Waals surface area (Å²) >= 11 is 0. The van der Waals surface area contributed by atoms with Crippen molar-refractivity contribution in [2.45, 2.75) is 39.0 Å². The number of carbonyl (C=O) groups excluding carboxylic acids is 1. The third-order valence-corrected chi connectivity index (χ3v) is 3.74. The summed E-state index contributed by atoms with van der Waals surface area (Å²) in [6.45, 7) is 2.12. The van der Waals surface area contributed by atoms with Crippen LogP contribution in [0.25, 0.3) is 6.08 Å². The van der Waals surface area contributed by atoms with E-state index in [2.05, 4.69) is 6.92 Å². The first-order chi connectivity index (χ1) is 10.5. The number of aromatic hydroxyl groups is 1. The van der Waals surface area contributed by atoms with Crippen molar-refractivity contribution in [2.75, 3.05) is 0 Å². The van der Waals surface area contributed by atoms with E-state index in [4.69, 9.17) is 0 Å². The fraction of sp³-hybridized carbons (Fsp3) is 0.353. The minimum Gasteiger partial charge on any atom is -0.502 e. The van der Waals surface area contributed by atoms with Gasteiger partial charge in [0.15, 0.2) is 11.5 Å². The molecule has 0 spiro atoms. The molecule has 1 aromatic rings. The van der Waals surface area contributed by atoms with Crippen molar-refractivity contribution in [3.63, 3.8) is 0 Å². The van der Waals surface area contributed by atoms with Crippen LogP contribution in [0, 0.1) is 10.1 Å². The summed E-state index contributed by atoms with van der Waals surface area (Å²) in [6, 6.07) is 4.13. The number of hydrogen-bond acceptors (Lipinski definition) is 4. The molecule has 2 rings (SSSR count). The fourth-order valence-corrected chi connectivity index (χ4v) is 2.51. The SMILES string of the molecule is CCCCCC1=CC/C(=C\c2ccc(O)c([N+](=O)[O-])c2)C1=O. The molecular weight excluding hydrogens is 282 g/mol. The molecule has 1 aromatic carbocycles. The van der Waals surface area contributed by atoms with E-state index in [0.717, 1.165) is 31.3 Å². The lowest BCUT2D eigenvalue weighted by atomic mass is 10.0. The van der Waals surface area contributed by atoms with Gasteiger partial charge in [-0.25, -0.2) is 0 Å². The molecule has 0 aliphatic heterocycles. The molecule has 0 unspecified atom stereocenters. The predicted octanol–water partition coefficient (Wildman–Crippen LogP) is 4.16. The summed E-state index contributed by atoms with van der Waals surface area (Å²) in [7, 11) is 0. The second-order valence-electron chi connectivity index (χ2n) is 5.39. The van der Waals surface area contributed by atoms with Crippen molar-refractivity contribution in [3.8, 4) is 5.75 Å². The van der Waals surface area contributed by atoms with Gasteiger partial charge in [-0.05, 0) is 42.5 Å². The third kappa shape index (κ3) is 3.61. The quantitative estimate of drug-likeness (QED) is 0.370. The fourth-order valence-electron chi connectivity index (χ4n) is 2.51. The molecule has 116 valence electrons. The van der Waals surface area contributed by atoms with Gasteiger partial charge in [-0.3, -0.25) is 14.9 Å². The molecule has 0 bridgehead atoms. The Morgan fingerprint density at radius 2 is 2.14 bits per heavy atom. The number of hydrogen-bond donors (Lipinski definition) is 1. The van der Waals surface area contributed by atoms with Crippen LogP contribution in [0.5, 0.6) is 5.75 Å². The zero-order valence-electron chi connectivity index (χ0n) is 12.5. The van der Waals surface area contributed by atoms with Crippen molar-refractivity contribution in [1.29, 1.82) is 0 Å². The van der Waals surface area contributed by atoms with Gasteiger partial charge in [0.1, 0.15) is 0 Å². The Hall–Kier alpha value is -2.43. The van der Waals surface area contributed by atoms with Gasteiger partial charge in [-0.2, -0.15) is 0 Å². The Bertz CT molecular complexity index is 659. The Morgan fingerprint density at radius 1 is 1.36 bits per heavy atom. The van der Waals surface area contributed by atoms with E-state index in [9.17, 15) is 20.0 Å². The Balaban J connectivity index is 2.13. The summed E-state index contributed by atoms with van der Waals surface area (Å²) in [5, 5.41) is 20.3. The number of phenols is 1. The summed E-state index contributed by atoms with van der Waals surface area (Å²) in [5.41, 5.74) is 1.69. The first kappa shape index (κ1) is 15.9. The van der Waals surface area contributed by atoms with E-state index < -0.39 is 4.92 Å². The van der Waals surface area contributed by atoms with E-state index in [0.29, 0.717) is 17.6 Å². The molecule has 0 amide bonds. The molecule has 1 aliphatic rings. The van der Waals surface area contributed by atoms with Gasteiger partial charge in [-0.1, -0.05) is 31.9 Å². The normalized spacial score (nSPS) is 16.1. The topological polar surface area (TPSA) is 80.4 Å². The smallest absolute Gasteiger partial charge is 0.311 e. The van der Waals surface area contributed by atoms with E-state index >= 15 is 0 Å². The standard InChI is InChI=1S/C17H19NO4/c1-2-3-4-5-13-7-8-14(17(13)20)10-12-6-9-16(19)15(11-12)18(21)22/h6-7,9-11,19H,2-5,8H2,1H3/b14-10+. The lowest BCUT2D eigenvalue weighted by Gasteiger charge is -2.02. The number of unbranched alkanes of at least 4 members (excludes halogenated alkanes) is 2. The van der Waals surface area contributed by atoms with Crippen LogP contribution >= 0.6 is 0 Å². The molecule has 1 aliphatic carbocycles. The van der Waals surface area contributed by atoms with E-state index in [-0.39, 0.29) is 17.2 Å². The minimum atomic E-state index is -0.637. The van der Waals surface area contributed by atoms with Crippen molar-refractivity contribution < 1.29 is 14.8 Å². The lowest BCUT2D eigenvalue weighted by Crippen LogP contribution is -1.99. The summed E-state index contributed by atoms with van der Waals surface area (Å²) < 4.78 is 0. The minimum absolute atomic E-state index is 0.0341. The van der Waals surface area contributed by atoms with Crippen LogP contribution in [0.4, 0.5) is 5.69 Å². The molecule has 1 N–H and O–H groups in total. The van der Waals surface area contributed by atoms with E-state index in [1.54, 1.807) is 12.1 Å². The highest BCUT2D eigenvalue weighted by atomic mass is 16.6. The third-order valence-electron chi connectivity index (χ3n) is 3.74. The number of nitro benzene ring substituents is 1. The number of nitro groups is 1. The molecule has 22 heavy (non-hydrogen) atoms. The van der Waals surface area contributed by atoms with Crippen LogP contribution in [-0.2, 0) is 4.79 Å². The molecule has 0 radical (unpaired) electrons. The highest BCUT2D eigenvalue weighted by molar-refractivity contribution is 6.13. The highest BCUT2D eigenvalue weighted by Gasteiger charge is 2.21. The number of nitrogens with zero attached hydrogens (tertiary/aromatic N) is 1. The number of allylic oxidation sites excluding steroid dienone is 3. The van der Waals surface area contributed by atoms with Crippen molar-refractivity contribution in [2.24, 2.45) is 0 Å². The van der Waals surface area contributed by atoms with Crippen molar-refractivity contribution >= 4 is 17.5 Å². The van der Waals surface area contributed by atoms with Gasteiger partial charge in [0.2, 0.25) is 0 Å². The average Bonchev–Trinajstić information content (AvgIpc) is 2.82. The number of rotatable bonds is 6. The molecule has 0 fully saturated rings. The predicted molar refractivity (Wildman–Crippen MR) is 84.6 cm³/mol. The van der Waals surface area contributed by atoms with Gasteiger partial charge in [0, 0.05) is 11.6 Å². The highest BCUT2D eigenvalue weighted by Crippen LogP contribution is 2.30. The number of carbonyl (C=O) groups is 1. The molecule has 0 saturated heterocycles. The van der Waals surface area contributed by atoms with Gasteiger partial charge in [-0.15, -0.1) is 0 Å². The monoisotopic (exact) mass is 301 g/mol. The van der Waals surface area contributed by atoms with Crippen molar-refractivity contribution in [1.82, 2.24) is 0 Å². The molecular formula is C17H19NO4. The second kappa shape index (κ2) is 7.02. The van der Waals surface area contributed by atoms with Crippen molar-refractivity contribution in [3.05, 3.63) is 51.1 Å². The van der Waals surface area contributed by atoms with E-state index in [1.165, 1.54) is 12.1 Å². The number of benzene rings is 1. The number of Topliss-reactive ketones (excluding diaryl/α,β-unsaturated/α-hetero) is 1. The summed E-state index contributed by atoms with van der Waals surface area (Å²) in [6.07, 6.45) is 8.19. The van der Waals surface area contributed by atoms with Gasteiger partial charge >= 0.3 is 5.69 Å². The summed E-state index contributed by atoms with van der Waals surface area (Å²) in [4.78, 5) is 22.5. The van der Waals surface area contributed by atoms with Gasteiger partial charge in [0.25, 0.3) is 0 Å². The molecule has 5 nitrogen and oxygen atoms in total. The molecule has 5 heteroatoms. The van der Waals surface area contributed by atoms with Gasteiger partial charge < -0.3 is 5.11 Å². The van der Waals surface area contributed by atoms with Crippen LogP contribution in [0.15, 0.2) is 35.4 Å². The zero-order valence-corrected chi connectivity index (χ0v) is 12.5. The lowest BCUT2D eigenvalue weighted by molar-refractivity contribution is -0.385. The van der Waals surface area contributed by atoms with Crippen LogP contribution < -0.4 is 0 Å². The molecule has 0 heterocycles. The largest absolute Gasteiger partial charge is 0.502 e. The Kier molecular flexibility index (Phi) is 5.09. The second-order valence-corrected chi connectivity index (χ2v) is 5.39. The van der Waals surface area contributed by atoms with E-state index in [1.807, 2.05) is 6.08 Å². The molecule has 0 saturated carbocycles. The maximum absolute atomic E-state index is 12.3. The van der Waals surface area contributed by atoms with Gasteiger partial charge in [0.05, 0.1) is 4.92 Å². The van der Waals surface area contributed by atoms with Crippen LogP contribution in [-0.4, -0.2) is 15.8 Å². The maximum atomic E-state index is 12.3. The van der Waals surface area contributed by atoms with Crippen LogP contribution in [0.3, 0.4) is 0 Å². The number of phenolic OH excluding ortho intramolecular Hbond substituents is 1. The van der Waals surface area contributed by atoms with Crippen LogP contribution in [0.1, 0.15) is 44.6 Å². The average molecular weight is 301 g/mol. The molecule has 0 atom stereocenters. The Labute approximate surface area is 129 Å².